The number of hydrogen-bond acceptors (Lipinski definition) is 3. The zero-order valence-corrected chi connectivity index (χ0v) is 13.8. The van der Waals surface area contributed by atoms with E-state index in [2.05, 4.69) is 20.9 Å². The van der Waals surface area contributed by atoms with Gasteiger partial charge in [-0.25, -0.2) is 18.8 Å². The lowest BCUT2D eigenvalue weighted by Crippen LogP contribution is -2.36. The van der Waals surface area contributed by atoms with Gasteiger partial charge in [0.2, 0.25) is 0 Å². The van der Waals surface area contributed by atoms with Crippen LogP contribution in [0.1, 0.15) is 17.2 Å². The largest absolute Gasteiger partial charge is 0.274 e. The Morgan fingerprint density at radius 2 is 1.74 bits per heavy atom. The molecule has 0 saturated heterocycles. The number of halogens is 3. The van der Waals surface area contributed by atoms with Crippen LogP contribution in [-0.2, 0) is 4.84 Å². The van der Waals surface area contributed by atoms with Gasteiger partial charge in [-0.2, -0.15) is 0 Å². The lowest BCUT2D eigenvalue weighted by molar-refractivity contribution is -0.0870. The van der Waals surface area contributed by atoms with E-state index in [1.807, 2.05) is 24.3 Å². The highest BCUT2D eigenvalue weighted by atomic mass is 79.9. The van der Waals surface area contributed by atoms with Crippen molar-refractivity contribution in [3.63, 3.8) is 0 Å². The Kier molecular flexibility index (Phi) is 4.54. The van der Waals surface area contributed by atoms with Crippen LogP contribution >= 0.6 is 15.9 Å². The maximum atomic E-state index is 14.1. The number of rotatable bonds is 3. The number of benzene rings is 2. The van der Waals surface area contributed by atoms with Crippen molar-refractivity contribution in [2.75, 3.05) is 7.11 Å². The Balaban J connectivity index is 2.04. The SMILES string of the molecule is CON1C(c2c(F)cccc2F)=NC=CC1c1ccc(Br)cc1. The van der Waals surface area contributed by atoms with Gasteiger partial charge < -0.3 is 0 Å². The third-order valence-corrected chi connectivity index (χ3v) is 4.05. The van der Waals surface area contributed by atoms with Crippen molar-refractivity contribution in [3.8, 4) is 0 Å². The second kappa shape index (κ2) is 6.60. The fourth-order valence-corrected chi connectivity index (χ4v) is 2.72. The molecule has 0 aliphatic carbocycles. The molecule has 1 atom stereocenters. The highest BCUT2D eigenvalue weighted by Crippen LogP contribution is 2.30. The Bertz CT molecular complexity index is 754. The van der Waals surface area contributed by atoms with E-state index in [0.717, 1.165) is 10.0 Å². The minimum Gasteiger partial charge on any atom is -0.274 e. The first-order chi connectivity index (χ1) is 11.1. The second-order valence-corrected chi connectivity index (χ2v) is 5.81. The van der Waals surface area contributed by atoms with E-state index in [4.69, 9.17) is 4.84 Å². The molecule has 1 aliphatic heterocycles. The molecule has 0 radical (unpaired) electrons. The van der Waals surface area contributed by atoms with E-state index < -0.39 is 11.6 Å². The van der Waals surface area contributed by atoms with E-state index in [0.29, 0.717) is 0 Å². The predicted octanol–water partition coefficient (Wildman–Crippen LogP) is 4.61. The summed E-state index contributed by atoms with van der Waals surface area (Å²) in [6.07, 6.45) is 3.33. The Labute approximate surface area is 141 Å². The number of hydrogen-bond donors (Lipinski definition) is 0. The topological polar surface area (TPSA) is 24.8 Å². The fourth-order valence-electron chi connectivity index (χ4n) is 2.45. The van der Waals surface area contributed by atoms with Crippen LogP contribution in [0.2, 0.25) is 0 Å². The Hall–Kier alpha value is -2.05. The molecular formula is C17H13BrF2N2O. The molecule has 118 valence electrons. The van der Waals surface area contributed by atoms with Crippen molar-refractivity contribution in [3.05, 3.63) is 82.0 Å². The molecule has 0 N–H and O–H groups in total. The first-order valence-electron chi connectivity index (χ1n) is 6.89. The lowest BCUT2D eigenvalue weighted by Gasteiger charge is -2.32. The number of aliphatic imine (C=N–C) groups is 1. The fraction of sp³-hybridized carbons (Fsp3) is 0.118. The Morgan fingerprint density at radius 1 is 1.09 bits per heavy atom. The predicted molar refractivity (Wildman–Crippen MR) is 87.8 cm³/mol. The summed E-state index contributed by atoms with van der Waals surface area (Å²) in [5.41, 5.74) is 0.705. The van der Waals surface area contributed by atoms with Crippen molar-refractivity contribution in [1.29, 1.82) is 0 Å². The van der Waals surface area contributed by atoms with E-state index in [1.165, 1.54) is 36.6 Å². The quantitative estimate of drug-likeness (QED) is 0.779. The molecule has 0 amide bonds. The molecule has 0 aromatic heterocycles. The van der Waals surface area contributed by atoms with Crippen molar-refractivity contribution >= 4 is 21.8 Å². The van der Waals surface area contributed by atoms with Gasteiger partial charge >= 0.3 is 0 Å². The van der Waals surface area contributed by atoms with Gasteiger partial charge in [0.1, 0.15) is 17.7 Å². The van der Waals surface area contributed by atoms with E-state index in [-0.39, 0.29) is 17.4 Å². The average molecular weight is 379 g/mol. The summed E-state index contributed by atoms with van der Waals surface area (Å²) < 4.78 is 29.1. The summed E-state index contributed by atoms with van der Waals surface area (Å²) in [7, 11) is 1.44. The zero-order chi connectivity index (χ0) is 16.4. The molecule has 0 spiro atoms. The molecule has 3 nitrogen and oxygen atoms in total. The van der Waals surface area contributed by atoms with Gasteiger partial charge in [-0.15, -0.1) is 0 Å². The van der Waals surface area contributed by atoms with Gasteiger partial charge in [0, 0.05) is 10.7 Å². The minimum absolute atomic E-state index is 0.0959. The van der Waals surface area contributed by atoms with Crippen LogP contribution in [0.4, 0.5) is 8.78 Å². The first kappa shape index (κ1) is 15.8. The van der Waals surface area contributed by atoms with Crippen LogP contribution in [0, 0.1) is 11.6 Å². The summed E-state index contributed by atoms with van der Waals surface area (Å²) in [5, 5.41) is 1.39. The van der Waals surface area contributed by atoms with Crippen LogP contribution in [0.25, 0.3) is 0 Å². The molecule has 0 bridgehead atoms. The van der Waals surface area contributed by atoms with E-state index in [9.17, 15) is 8.78 Å². The van der Waals surface area contributed by atoms with Gasteiger partial charge in [-0.1, -0.05) is 34.1 Å². The molecule has 2 aromatic carbocycles. The van der Waals surface area contributed by atoms with Gasteiger partial charge in [0.15, 0.2) is 5.84 Å². The van der Waals surface area contributed by atoms with Gasteiger partial charge in [0.25, 0.3) is 0 Å². The zero-order valence-electron chi connectivity index (χ0n) is 12.2. The molecule has 1 heterocycles. The van der Waals surface area contributed by atoms with Crippen LogP contribution < -0.4 is 0 Å². The summed E-state index contributed by atoms with van der Waals surface area (Å²) in [6.45, 7) is 0. The van der Waals surface area contributed by atoms with Crippen LogP contribution in [0.5, 0.6) is 0 Å². The molecule has 0 saturated carbocycles. The van der Waals surface area contributed by atoms with Gasteiger partial charge in [0.05, 0.1) is 12.7 Å². The molecule has 1 aliphatic rings. The monoisotopic (exact) mass is 378 g/mol. The lowest BCUT2D eigenvalue weighted by atomic mass is 10.0. The van der Waals surface area contributed by atoms with Crippen molar-refractivity contribution < 1.29 is 13.6 Å². The minimum atomic E-state index is -0.685. The van der Waals surface area contributed by atoms with Crippen LogP contribution in [0.3, 0.4) is 0 Å². The van der Waals surface area contributed by atoms with Crippen molar-refractivity contribution in [2.45, 2.75) is 6.04 Å². The first-order valence-corrected chi connectivity index (χ1v) is 7.69. The van der Waals surface area contributed by atoms with Crippen LogP contribution in [-0.4, -0.2) is 18.0 Å². The Morgan fingerprint density at radius 3 is 2.35 bits per heavy atom. The summed E-state index contributed by atoms with van der Waals surface area (Å²) in [4.78, 5) is 9.49. The maximum absolute atomic E-state index is 14.1. The van der Waals surface area contributed by atoms with E-state index >= 15 is 0 Å². The third kappa shape index (κ3) is 3.04. The third-order valence-electron chi connectivity index (χ3n) is 3.52. The molecule has 2 aromatic rings. The average Bonchev–Trinajstić information content (AvgIpc) is 2.55. The standard InChI is InChI=1S/C17H13BrF2N2O/c1-23-22-15(11-5-7-12(18)8-6-11)9-10-21-17(22)16-13(19)3-2-4-14(16)20/h2-10,15H,1H3. The smallest absolute Gasteiger partial charge is 0.166 e. The molecule has 0 fully saturated rings. The van der Waals surface area contributed by atoms with Crippen molar-refractivity contribution in [2.24, 2.45) is 4.99 Å². The molecule has 6 heteroatoms. The van der Waals surface area contributed by atoms with Crippen molar-refractivity contribution in [1.82, 2.24) is 5.06 Å². The van der Waals surface area contributed by atoms with Gasteiger partial charge in [-0.05, 0) is 35.9 Å². The normalized spacial score (nSPS) is 17.3. The summed E-state index contributed by atoms with van der Waals surface area (Å²) in [5.74, 6) is -1.27. The number of nitrogens with zero attached hydrogens (tertiary/aromatic N) is 2. The highest BCUT2D eigenvalue weighted by Gasteiger charge is 2.29. The summed E-state index contributed by atoms with van der Waals surface area (Å²) >= 11 is 3.38. The molecule has 1 unspecified atom stereocenters. The molecule has 23 heavy (non-hydrogen) atoms. The molecule has 3 rings (SSSR count). The maximum Gasteiger partial charge on any atom is 0.166 e. The van der Waals surface area contributed by atoms with E-state index in [1.54, 1.807) is 6.08 Å². The molecular weight excluding hydrogens is 366 g/mol. The van der Waals surface area contributed by atoms with Gasteiger partial charge in [-0.3, -0.25) is 4.84 Å². The number of hydroxylamine groups is 2. The second-order valence-electron chi connectivity index (χ2n) is 4.90. The highest BCUT2D eigenvalue weighted by molar-refractivity contribution is 9.10. The summed E-state index contributed by atoms with van der Waals surface area (Å²) in [6, 6.07) is 11.0. The van der Waals surface area contributed by atoms with Crippen LogP contribution in [0.15, 0.2) is 64.2 Å². The number of amidine groups is 1.